The van der Waals surface area contributed by atoms with E-state index in [0.29, 0.717) is 11.8 Å². The molecule has 3 nitrogen and oxygen atoms in total. The van der Waals surface area contributed by atoms with E-state index in [1.165, 1.54) is 24.3 Å². The number of halogens is 2. The summed E-state index contributed by atoms with van der Waals surface area (Å²) in [5.41, 5.74) is 0.486. The van der Waals surface area contributed by atoms with Crippen molar-refractivity contribution in [1.82, 2.24) is 0 Å². The molecule has 1 rings (SSSR count). The molecule has 17 heavy (non-hydrogen) atoms. The van der Waals surface area contributed by atoms with Crippen LogP contribution in [-0.4, -0.2) is 17.1 Å². The van der Waals surface area contributed by atoms with E-state index >= 15 is 0 Å². The molecule has 0 bridgehead atoms. The maximum absolute atomic E-state index is 12.9. The number of phenols is 1. The standard InChI is InChI=1S/C12H9F2NO2/c13-7-5-12(17)11(14)6-8-15-9-1-3-10(16)4-2-9/h1-8,16H/b7-5+,11-6-,15-8?. The van der Waals surface area contributed by atoms with E-state index in [1.54, 1.807) is 0 Å². The minimum Gasteiger partial charge on any atom is -0.508 e. The molecule has 0 radical (unpaired) electrons. The summed E-state index contributed by atoms with van der Waals surface area (Å²) in [7, 11) is 0. The van der Waals surface area contributed by atoms with Crippen molar-refractivity contribution < 1.29 is 18.7 Å². The van der Waals surface area contributed by atoms with E-state index in [1.807, 2.05) is 0 Å². The quantitative estimate of drug-likeness (QED) is 0.646. The number of aromatic hydroxyl groups is 1. The molecule has 1 aromatic rings. The Balaban J connectivity index is 2.69. The molecule has 0 amide bonds. The molecule has 0 saturated heterocycles. The smallest absolute Gasteiger partial charge is 0.216 e. The fourth-order valence-corrected chi connectivity index (χ4v) is 0.946. The topological polar surface area (TPSA) is 49.7 Å². The Morgan fingerprint density at radius 1 is 1.29 bits per heavy atom. The molecule has 0 aliphatic heterocycles. The zero-order chi connectivity index (χ0) is 12.7. The van der Waals surface area contributed by atoms with Crippen LogP contribution >= 0.6 is 0 Å². The summed E-state index contributed by atoms with van der Waals surface area (Å²) in [6.45, 7) is 0. The van der Waals surface area contributed by atoms with Gasteiger partial charge in [0.05, 0.1) is 12.0 Å². The second kappa shape index (κ2) is 6.32. The van der Waals surface area contributed by atoms with Crippen LogP contribution in [0.3, 0.4) is 0 Å². The van der Waals surface area contributed by atoms with Crippen molar-refractivity contribution in [2.75, 3.05) is 0 Å². The second-order valence-electron chi connectivity index (χ2n) is 2.97. The molecule has 0 heterocycles. The lowest BCUT2D eigenvalue weighted by atomic mass is 10.3. The zero-order valence-corrected chi connectivity index (χ0v) is 8.68. The van der Waals surface area contributed by atoms with Gasteiger partial charge < -0.3 is 5.11 Å². The number of hydrogen-bond donors (Lipinski definition) is 1. The summed E-state index contributed by atoms with van der Waals surface area (Å²) in [5.74, 6) is -2.08. The fourth-order valence-electron chi connectivity index (χ4n) is 0.946. The third-order valence-corrected chi connectivity index (χ3v) is 1.74. The van der Waals surface area contributed by atoms with Gasteiger partial charge in [-0.15, -0.1) is 0 Å². The lowest BCUT2D eigenvalue weighted by Gasteiger charge is -1.92. The average Bonchev–Trinajstić information content (AvgIpc) is 2.32. The van der Waals surface area contributed by atoms with E-state index in [9.17, 15) is 13.6 Å². The van der Waals surface area contributed by atoms with Gasteiger partial charge in [-0.05, 0) is 30.3 Å². The average molecular weight is 237 g/mol. The number of aliphatic imine (C=N–C) groups is 1. The van der Waals surface area contributed by atoms with E-state index in [-0.39, 0.29) is 12.1 Å². The molecule has 1 aromatic carbocycles. The van der Waals surface area contributed by atoms with Crippen LogP contribution in [0.15, 0.2) is 53.6 Å². The van der Waals surface area contributed by atoms with Crippen molar-refractivity contribution in [3.8, 4) is 5.75 Å². The number of carbonyl (C=O) groups is 1. The minimum atomic E-state index is -1.11. The maximum Gasteiger partial charge on any atom is 0.216 e. The Kier molecular flexibility index (Phi) is 4.75. The Labute approximate surface area is 96.4 Å². The first kappa shape index (κ1) is 12.8. The molecule has 88 valence electrons. The van der Waals surface area contributed by atoms with Crippen LogP contribution < -0.4 is 0 Å². The van der Waals surface area contributed by atoms with Crippen molar-refractivity contribution in [2.24, 2.45) is 4.99 Å². The minimum absolute atomic E-state index is 0.0349. The summed E-state index contributed by atoms with van der Waals surface area (Å²) >= 11 is 0. The van der Waals surface area contributed by atoms with Crippen LogP contribution in [0.25, 0.3) is 0 Å². The predicted molar refractivity (Wildman–Crippen MR) is 60.7 cm³/mol. The van der Waals surface area contributed by atoms with Gasteiger partial charge in [0.2, 0.25) is 5.78 Å². The third-order valence-electron chi connectivity index (χ3n) is 1.74. The first-order valence-electron chi connectivity index (χ1n) is 4.63. The highest BCUT2D eigenvalue weighted by molar-refractivity contribution is 6.04. The van der Waals surface area contributed by atoms with Crippen molar-refractivity contribution in [1.29, 1.82) is 0 Å². The number of ketones is 1. The Morgan fingerprint density at radius 3 is 2.53 bits per heavy atom. The number of hydrogen-bond acceptors (Lipinski definition) is 3. The Bertz CT molecular complexity index is 476. The Morgan fingerprint density at radius 2 is 1.94 bits per heavy atom. The number of carbonyl (C=O) groups excluding carboxylic acids is 1. The van der Waals surface area contributed by atoms with E-state index in [0.717, 1.165) is 12.3 Å². The van der Waals surface area contributed by atoms with E-state index in [2.05, 4.69) is 4.99 Å². The molecular formula is C12H9F2NO2. The molecule has 0 aromatic heterocycles. The number of nitrogens with zero attached hydrogens (tertiary/aromatic N) is 1. The summed E-state index contributed by atoms with van der Waals surface area (Å²) in [6.07, 6.45) is 2.34. The van der Waals surface area contributed by atoms with Crippen LogP contribution in [0.2, 0.25) is 0 Å². The summed E-state index contributed by atoms with van der Waals surface area (Å²) in [6, 6.07) is 5.87. The number of phenolic OH excluding ortho intramolecular Hbond substituents is 1. The van der Waals surface area contributed by atoms with Crippen LogP contribution in [0.1, 0.15) is 0 Å². The van der Waals surface area contributed by atoms with Crippen molar-refractivity contribution in [3.05, 3.63) is 48.6 Å². The molecule has 0 spiro atoms. The fraction of sp³-hybridized carbons (Fsp3) is 0. The van der Waals surface area contributed by atoms with Gasteiger partial charge in [-0.25, -0.2) is 8.78 Å². The molecule has 0 aliphatic carbocycles. The van der Waals surface area contributed by atoms with Crippen molar-refractivity contribution >= 4 is 17.7 Å². The molecular weight excluding hydrogens is 228 g/mol. The lowest BCUT2D eigenvalue weighted by Crippen LogP contribution is -1.92. The summed E-state index contributed by atoms with van der Waals surface area (Å²) in [5, 5.41) is 8.99. The molecule has 0 fully saturated rings. The zero-order valence-electron chi connectivity index (χ0n) is 8.68. The second-order valence-corrected chi connectivity index (χ2v) is 2.97. The normalized spacial score (nSPS) is 12.5. The first-order chi connectivity index (χ1) is 8.13. The van der Waals surface area contributed by atoms with E-state index in [4.69, 9.17) is 5.11 Å². The highest BCUT2D eigenvalue weighted by atomic mass is 19.1. The van der Waals surface area contributed by atoms with Crippen LogP contribution in [0, 0.1) is 0 Å². The largest absolute Gasteiger partial charge is 0.508 e. The van der Waals surface area contributed by atoms with Gasteiger partial charge in [0.1, 0.15) is 5.75 Å². The van der Waals surface area contributed by atoms with Crippen molar-refractivity contribution in [2.45, 2.75) is 0 Å². The van der Waals surface area contributed by atoms with Gasteiger partial charge in [0, 0.05) is 12.3 Å². The summed E-state index contributed by atoms with van der Waals surface area (Å²) in [4.78, 5) is 14.6. The van der Waals surface area contributed by atoms with Gasteiger partial charge in [0.25, 0.3) is 0 Å². The Hall–Kier alpha value is -2.30. The predicted octanol–water partition coefficient (Wildman–Crippen LogP) is 3.00. The van der Waals surface area contributed by atoms with Crippen molar-refractivity contribution in [3.63, 3.8) is 0 Å². The van der Waals surface area contributed by atoms with Crippen LogP contribution in [-0.2, 0) is 4.79 Å². The molecule has 5 heteroatoms. The maximum atomic E-state index is 12.9. The number of rotatable bonds is 4. The molecule has 0 unspecified atom stereocenters. The highest BCUT2D eigenvalue weighted by Gasteiger charge is 2.02. The van der Waals surface area contributed by atoms with Gasteiger partial charge >= 0.3 is 0 Å². The van der Waals surface area contributed by atoms with E-state index < -0.39 is 11.6 Å². The molecule has 0 atom stereocenters. The molecule has 0 aliphatic rings. The van der Waals surface area contributed by atoms with Gasteiger partial charge in [-0.3, -0.25) is 9.79 Å². The monoisotopic (exact) mass is 237 g/mol. The van der Waals surface area contributed by atoms with Gasteiger partial charge in [0.15, 0.2) is 5.83 Å². The number of benzene rings is 1. The lowest BCUT2D eigenvalue weighted by molar-refractivity contribution is -0.112. The SMILES string of the molecule is O=C(/C=C/F)/C(F)=C/C=Nc1ccc(O)cc1. The summed E-state index contributed by atoms with van der Waals surface area (Å²) < 4.78 is 24.5. The van der Waals surface area contributed by atoms with Gasteiger partial charge in [-0.2, -0.15) is 0 Å². The molecule has 0 saturated carbocycles. The highest BCUT2D eigenvalue weighted by Crippen LogP contribution is 2.16. The third kappa shape index (κ3) is 4.38. The number of allylic oxidation sites excluding steroid dienone is 3. The molecule has 1 N–H and O–H groups in total. The first-order valence-corrected chi connectivity index (χ1v) is 4.63. The van der Waals surface area contributed by atoms with Crippen LogP contribution in [0.5, 0.6) is 5.75 Å². The van der Waals surface area contributed by atoms with Crippen LogP contribution in [0.4, 0.5) is 14.5 Å². The van der Waals surface area contributed by atoms with Gasteiger partial charge in [-0.1, -0.05) is 0 Å².